The van der Waals surface area contributed by atoms with Crippen LogP contribution in [0, 0.1) is 18.8 Å². The number of rotatable bonds is 6. The lowest BCUT2D eigenvalue weighted by molar-refractivity contribution is -0.134. The molecule has 2 aliphatic heterocycles. The molecule has 2 unspecified atom stereocenters. The molecule has 0 radical (unpaired) electrons. The van der Waals surface area contributed by atoms with Gasteiger partial charge in [-0.05, 0) is 37.3 Å². The molecule has 210 valence electrons. The molecule has 3 aromatic rings. The standard InChI is InChI=1S/C27H35N5O5S2/c1-18-13-19(2)15-30(14-18)23(33)16-31-17-28-26-24(27(31)34)25(20(3)38-26)39(35,36)32-11-9-29(10-12-32)21-7-5-6-8-22(21)37-4/h5-8,17-19H,9-16H2,1-4H3. The number of carbonyl (C=O) groups is 1. The Kier molecular flexibility index (Phi) is 7.71. The molecule has 0 bridgehead atoms. The van der Waals surface area contributed by atoms with Crippen LogP contribution in [0.15, 0.2) is 40.3 Å². The van der Waals surface area contributed by atoms with E-state index in [2.05, 4.69) is 23.7 Å². The van der Waals surface area contributed by atoms with Crippen LogP contribution in [0.1, 0.15) is 25.1 Å². The van der Waals surface area contributed by atoms with Gasteiger partial charge < -0.3 is 14.5 Å². The van der Waals surface area contributed by atoms with Crippen LogP contribution in [-0.2, 0) is 21.4 Å². The van der Waals surface area contributed by atoms with Gasteiger partial charge in [0.1, 0.15) is 22.0 Å². The number of ether oxygens (including phenoxy) is 1. The number of hydrogen-bond donors (Lipinski definition) is 0. The Morgan fingerprint density at radius 1 is 1.10 bits per heavy atom. The van der Waals surface area contributed by atoms with Crippen molar-refractivity contribution in [1.82, 2.24) is 18.8 Å². The average Bonchev–Trinajstić information content (AvgIpc) is 3.27. The highest BCUT2D eigenvalue weighted by molar-refractivity contribution is 7.89. The van der Waals surface area contributed by atoms with Gasteiger partial charge in [-0.15, -0.1) is 11.3 Å². The van der Waals surface area contributed by atoms with Gasteiger partial charge in [-0.25, -0.2) is 13.4 Å². The predicted octanol–water partition coefficient (Wildman–Crippen LogP) is 2.79. The molecule has 2 aromatic heterocycles. The Morgan fingerprint density at radius 3 is 2.44 bits per heavy atom. The smallest absolute Gasteiger partial charge is 0.263 e. The van der Waals surface area contributed by atoms with Crippen LogP contribution >= 0.6 is 11.3 Å². The number of piperazine rings is 1. The summed E-state index contributed by atoms with van der Waals surface area (Å²) in [7, 11) is -2.35. The Bertz CT molecular complexity index is 1530. The molecule has 1 aromatic carbocycles. The number of benzene rings is 1. The van der Waals surface area contributed by atoms with Gasteiger partial charge in [0.2, 0.25) is 15.9 Å². The number of para-hydroxylation sites is 2. The van der Waals surface area contributed by atoms with Crippen LogP contribution in [0.5, 0.6) is 5.75 Å². The second-order valence-electron chi connectivity index (χ2n) is 10.7. The number of carbonyl (C=O) groups excluding carboxylic acids is 1. The van der Waals surface area contributed by atoms with Crippen molar-refractivity contribution in [2.45, 2.75) is 38.6 Å². The van der Waals surface area contributed by atoms with Crippen molar-refractivity contribution in [3.05, 3.63) is 45.8 Å². The highest BCUT2D eigenvalue weighted by Gasteiger charge is 2.34. The molecule has 2 saturated heterocycles. The van der Waals surface area contributed by atoms with E-state index in [1.807, 2.05) is 24.3 Å². The fourth-order valence-electron chi connectivity index (χ4n) is 5.84. The first-order valence-corrected chi connectivity index (χ1v) is 15.5. The lowest BCUT2D eigenvalue weighted by atomic mass is 9.92. The number of hydrogen-bond acceptors (Lipinski definition) is 8. The first-order chi connectivity index (χ1) is 18.6. The second kappa shape index (κ2) is 10.9. The Labute approximate surface area is 232 Å². The summed E-state index contributed by atoms with van der Waals surface area (Å²) in [6.45, 7) is 8.63. The van der Waals surface area contributed by atoms with E-state index < -0.39 is 15.6 Å². The maximum Gasteiger partial charge on any atom is 0.263 e. The molecule has 39 heavy (non-hydrogen) atoms. The van der Waals surface area contributed by atoms with Gasteiger partial charge in [0.15, 0.2) is 0 Å². The summed E-state index contributed by atoms with van der Waals surface area (Å²) in [5, 5.41) is 0.0698. The van der Waals surface area contributed by atoms with E-state index in [0.717, 1.165) is 17.9 Å². The van der Waals surface area contributed by atoms with E-state index in [9.17, 15) is 18.0 Å². The summed E-state index contributed by atoms with van der Waals surface area (Å²) in [4.78, 5) is 35.9. The first kappa shape index (κ1) is 27.6. The van der Waals surface area contributed by atoms with Crippen molar-refractivity contribution in [3.8, 4) is 5.75 Å². The molecule has 0 N–H and O–H groups in total. The predicted molar refractivity (Wildman–Crippen MR) is 152 cm³/mol. The molecule has 1 amide bonds. The van der Waals surface area contributed by atoms with Crippen molar-refractivity contribution >= 4 is 43.2 Å². The Balaban J connectivity index is 1.40. The number of sulfonamides is 1. The molecule has 0 saturated carbocycles. The molecule has 10 nitrogen and oxygen atoms in total. The fraction of sp³-hybridized carbons (Fsp3) is 0.519. The highest BCUT2D eigenvalue weighted by atomic mass is 32.2. The largest absolute Gasteiger partial charge is 0.495 e. The summed E-state index contributed by atoms with van der Waals surface area (Å²) in [5.74, 6) is 1.38. The van der Waals surface area contributed by atoms with Crippen molar-refractivity contribution < 1.29 is 17.9 Å². The summed E-state index contributed by atoms with van der Waals surface area (Å²) < 4.78 is 35.9. The van der Waals surface area contributed by atoms with Crippen LogP contribution in [0.3, 0.4) is 0 Å². The number of aromatic nitrogens is 2. The number of thiophene rings is 1. The van der Waals surface area contributed by atoms with Crippen LogP contribution in [-0.4, -0.2) is 79.5 Å². The second-order valence-corrected chi connectivity index (χ2v) is 13.7. The lowest BCUT2D eigenvalue weighted by Gasteiger charge is -2.36. The third kappa shape index (κ3) is 5.29. The maximum absolute atomic E-state index is 13.9. The van der Waals surface area contributed by atoms with E-state index in [1.165, 1.54) is 26.5 Å². The minimum atomic E-state index is -3.96. The van der Waals surface area contributed by atoms with Gasteiger partial charge in [0, 0.05) is 44.1 Å². The summed E-state index contributed by atoms with van der Waals surface area (Å²) in [6.07, 6.45) is 2.43. The molecule has 0 aliphatic carbocycles. The monoisotopic (exact) mass is 573 g/mol. The van der Waals surface area contributed by atoms with E-state index in [-0.39, 0.29) is 35.8 Å². The Morgan fingerprint density at radius 2 is 1.77 bits per heavy atom. The zero-order valence-corrected chi connectivity index (χ0v) is 24.4. The van der Waals surface area contributed by atoms with Crippen molar-refractivity contribution in [1.29, 1.82) is 0 Å². The molecule has 12 heteroatoms. The number of aryl methyl sites for hydroxylation is 1. The number of amides is 1. The van der Waals surface area contributed by atoms with Crippen molar-refractivity contribution in [3.63, 3.8) is 0 Å². The minimum Gasteiger partial charge on any atom is -0.495 e. The molecule has 2 aliphatic rings. The fourth-order valence-corrected chi connectivity index (χ4v) is 8.93. The first-order valence-electron chi connectivity index (χ1n) is 13.2. The van der Waals surface area contributed by atoms with Crippen LogP contribution in [0.2, 0.25) is 0 Å². The number of anilines is 1. The maximum atomic E-state index is 13.9. The molecule has 4 heterocycles. The van der Waals surface area contributed by atoms with Gasteiger partial charge in [-0.1, -0.05) is 26.0 Å². The summed E-state index contributed by atoms with van der Waals surface area (Å²) >= 11 is 1.19. The van der Waals surface area contributed by atoms with Gasteiger partial charge in [0.05, 0.1) is 24.5 Å². The normalized spacial score (nSPS) is 20.9. The average molecular weight is 574 g/mol. The zero-order valence-electron chi connectivity index (χ0n) is 22.8. The van der Waals surface area contributed by atoms with Crippen molar-refractivity contribution in [2.75, 3.05) is 51.3 Å². The lowest BCUT2D eigenvalue weighted by Crippen LogP contribution is -2.49. The molecule has 2 atom stereocenters. The molecular formula is C27H35N5O5S2. The van der Waals surface area contributed by atoms with Gasteiger partial charge in [-0.2, -0.15) is 4.31 Å². The van der Waals surface area contributed by atoms with E-state index in [4.69, 9.17) is 4.74 Å². The molecular weight excluding hydrogens is 538 g/mol. The van der Waals surface area contributed by atoms with Gasteiger partial charge in [-0.3, -0.25) is 14.2 Å². The summed E-state index contributed by atoms with van der Waals surface area (Å²) in [6, 6.07) is 7.67. The number of likely N-dealkylation sites (tertiary alicyclic amines) is 1. The third-order valence-corrected chi connectivity index (χ3v) is 10.8. The van der Waals surface area contributed by atoms with E-state index >= 15 is 0 Å². The molecule has 0 spiro atoms. The van der Waals surface area contributed by atoms with Gasteiger partial charge >= 0.3 is 0 Å². The number of nitrogens with zero attached hydrogens (tertiary/aromatic N) is 5. The van der Waals surface area contributed by atoms with Crippen LogP contribution in [0.4, 0.5) is 5.69 Å². The summed E-state index contributed by atoms with van der Waals surface area (Å²) in [5.41, 5.74) is 0.422. The molecule has 5 rings (SSSR count). The molecule has 2 fully saturated rings. The third-order valence-electron chi connectivity index (χ3n) is 7.59. The van der Waals surface area contributed by atoms with E-state index in [1.54, 1.807) is 18.9 Å². The highest BCUT2D eigenvalue weighted by Crippen LogP contribution is 2.34. The van der Waals surface area contributed by atoms with Crippen molar-refractivity contribution in [2.24, 2.45) is 11.8 Å². The van der Waals surface area contributed by atoms with Gasteiger partial charge in [0.25, 0.3) is 5.56 Å². The number of methoxy groups -OCH3 is 1. The number of fused-ring (bicyclic) bond motifs is 1. The zero-order chi connectivity index (χ0) is 27.9. The quantitative estimate of drug-likeness (QED) is 0.447. The van der Waals surface area contributed by atoms with E-state index in [0.29, 0.717) is 47.7 Å². The minimum absolute atomic E-state index is 0.00718. The van der Waals surface area contributed by atoms with Crippen LogP contribution < -0.4 is 15.2 Å². The SMILES string of the molecule is COc1ccccc1N1CCN(S(=O)(=O)c2c(C)sc3ncn(CC(=O)N4CC(C)CC(C)C4)c(=O)c23)CC1. The Hall–Kier alpha value is -2.96. The topological polar surface area (TPSA) is 105 Å². The van der Waals surface area contributed by atoms with Crippen LogP contribution in [0.25, 0.3) is 10.2 Å². The number of piperidine rings is 1.